The molecule has 0 heterocycles. The third-order valence-electron chi connectivity index (χ3n) is 1.93. The van der Waals surface area contributed by atoms with Crippen LogP contribution >= 0.6 is 24.8 Å². The molecule has 0 radical (unpaired) electrons. The number of rotatable bonds is 0. The largest absolute Gasteiger partial charge is 0.508 e. The van der Waals surface area contributed by atoms with E-state index in [-0.39, 0.29) is 51.9 Å². The smallest absolute Gasteiger partial charge is 0.116 e. The van der Waals surface area contributed by atoms with Crippen molar-refractivity contribution in [3.05, 3.63) is 29.3 Å². The van der Waals surface area contributed by atoms with Gasteiger partial charge >= 0.3 is 0 Å². The average Bonchev–Trinajstić information content (AvgIpc) is 1.82. The summed E-state index contributed by atoms with van der Waals surface area (Å²) in [6.07, 6.45) is 0. The van der Waals surface area contributed by atoms with Gasteiger partial charge in [-0.2, -0.15) is 0 Å². The van der Waals surface area contributed by atoms with Gasteiger partial charge in [-0.3, -0.25) is 0 Å². The first kappa shape index (κ1) is 20.7. The van der Waals surface area contributed by atoms with Crippen molar-refractivity contribution in [1.29, 1.82) is 0 Å². The van der Waals surface area contributed by atoms with Crippen molar-refractivity contribution in [3.8, 4) is 5.75 Å². The van der Waals surface area contributed by atoms with E-state index >= 15 is 0 Å². The van der Waals surface area contributed by atoms with Crippen LogP contribution in [0.5, 0.6) is 5.75 Å². The molecule has 1 aromatic rings. The second kappa shape index (κ2) is 7.57. The molecule has 86 valence electrons. The zero-order valence-electron chi connectivity index (χ0n) is 9.50. The van der Waals surface area contributed by atoms with Gasteiger partial charge in [-0.15, -0.1) is 24.8 Å². The van der Waals surface area contributed by atoms with E-state index in [4.69, 9.17) is 0 Å². The zero-order chi connectivity index (χ0) is 9.35. The number of hydrogen-bond acceptors (Lipinski definition) is 1. The third kappa shape index (κ3) is 6.47. The minimum absolute atomic E-state index is 0. The van der Waals surface area contributed by atoms with Crippen molar-refractivity contribution >= 4 is 24.8 Å². The Hall–Kier alpha value is 0.314. The van der Waals surface area contributed by atoms with Gasteiger partial charge in [0.1, 0.15) is 5.75 Å². The minimum atomic E-state index is 0. The van der Waals surface area contributed by atoms with Crippen LogP contribution in [-0.4, -0.2) is 5.11 Å². The van der Waals surface area contributed by atoms with Crippen LogP contribution in [0, 0.1) is 6.92 Å². The molecule has 0 aliphatic carbocycles. The van der Waals surface area contributed by atoms with E-state index in [0.717, 1.165) is 5.56 Å². The summed E-state index contributed by atoms with van der Waals surface area (Å²) in [5, 5.41) is 9.36. The van der Waals surface area contributed by atoms with Crippen LogP contribution in [0.2, 0.25) is 0 Å². The molecule has 1 N–H and O–H groups in total. The van der Waals surface area contributed by atoms with E-state index in [0.29, 0.717) is 5.75 Å². The quantitative estimate of drug-likeness (QED) is 0.718. The van der Waals surface area contributed by atoms with Gasteiger partial charge in [0.05, 0.1) is 0 Å². The zero-order valence-corrected chi connectivity index (χ0v) is 12.7. The van der Waals surface area contributed by atoms with Crippen LogP contribution in [0.1, 0.15) is 31.9 Å². The van der Waals surface area contributed by atoms with E-state index in [1.807, 2.05) is 13.0 Å². The molecule has 0 fully saturated rings. The van der Waals surface area contributed by atoms with Crippen LogP contribution in [0.3, 0.4) is 0 Å². The van der Waals surface area contributed by atoms with Crippen LogP contribution in [0.25, 0.3) is 0 Å². The molecular weight excluding hydrogens is 267 g/mol. The predicted molar refractivity (Wildman–Crippen MR) is 66.0 cm³/mol. The fraction of sp³-hybridized carbons (Fsp3) is 0.455. The molecule has 0 aromatic heterocycles. The molecule has 1 nitrogen and oxygen atoms in total. The van der Waals surface area contributed by atoms with Crippen molar-refractivity contribution in [1.82, 2.24) is 0 Å². The van der Waals surface area contributed by atoms with Crippen LogP contribution in [0.15, 0.2) is 18.2 Å². The normalized spacial score (nSPS) is 9.33. The van der Waals surface area contributed by atoms with E-state index in [1.165, 1.54) is 5.56 Å². The summed E-state index contributed by atoms with van der Waals surface area (Å²) < 4.78 is 0. The minimum Gasteiger partial charge on any atom is -0.508 e. The Morgan fingerprint density at radius 2 is 1.47 bits per heavy atom. The van der Waals surface area contributed by atoms with Gasteiger partial charge in [0, 0.05) is 21.7 Å². The molecule has 0 saturated heterocycles. The number of aromatic hydroxyl groups is 1. The summed E-state index contributed by atoms with van der Waals surface area (Å²) in [4.78, 5) is 0. The maximum absolute atomic E-state index is 9.36. The third-order valence-corrected chi connectivity index (χ3v) is 1.93. The van der Waals surface area contributed by atoms with Gasteiger partial charge in [-0.05, 0) is 35.6 Å². The van der Waals surface area contributed by atoms with Crippen molar-refractivity contribution < 1.29 is 26.8 Å². The molecule has 0 amide bonds. The first-order chi connectivity index (χ1) is 5.39. The van der Waals surface area contributed by atoms with Crippen LogP contribution in [-0.2, 0) is 27.1 Å². The first-order valence-corrected chi connectivity index (χ1v) is 4.21. The van der Waals surface area contributed by atoms with Gasteiger partial charge in [-0.25, -0.2) is 0 Å². The Bertz CT molecular complexity index is 275. The Balaban J connectivity index is -0.000000480. The molecule has 0 aliphatic rings. The molecule has 1 rings (SSSR count). The van der Waals surface area contributed by atoms with Crippen molar-refractivity contribution in [2.24, 2.45) is 0 Å². The van der Waals surface area contributed by atoms with Gasteiger partial charge in [0.25, 0.3) is 0 Å². The van der Waals surface area contributed by atoms with E-state index in [1.54, 1.807) is 6.07 Å². The summed E-state index contributed by atoms with van der Waals surface area (Å²) >= 11 is 0. The molecule has 15 heavy (non-hydrogen) atoms. The molecular formula is C11H18Cl2OTi. The number of phenolic OH excluding ortho intramolecular Hbond substituents is 1. The SMILES string of the molecule is Cc1cc(O)cc(C(C)(C)C)c1.Cl.Cl.[Ti]. The molecule has 0 unspecified atom stereocenters. The summed E-state index contributed by atoms with van der Waals surface area (Å²) in [5.41, 5.74) is 2.41. The second-order valence-corrected chi connectivity index (χ2v) is 4.31. The molecule has 0 aliphatic heterocycles. The summed E-state index contributed by atoms with van der Waals surface area (Å²) in [6, 6.07) is 5.71. The van der Waals surface area contributed by atoms with Gasteiger partial charge in [0.2, 0.25) is 0 Å². The molecule has 4 heteroatoms. The van der Waals surface area contributed by atoms with Gasteiger partial charge in [-0.1, -0.05) is 26.8 Å². The standard InChI is InChI=1S/C11H16O.2ClH.Ti/c1-8-5-9(11(2,3)4)7-10(12)6-8;;;/h5-7,12H,1-4H3;2*1H;. The van der Waals surface area contributed by atoms with Gasteiger partial charge in [0.15, 0.2) is 0 Å². The molecule has 0 bridgehead atoms. The topological polar surface area (TPSA) is 20.2 Å². The fourth-order valence-corrected chi connectivity index (χ4v) is 1.20. The maximum Gasteiger partial charge on any atom is 0.116 e. The fourth-order valence-electron chi connectivity index (χ4n) is 1.20. The Morgan fingerprint density at radius 3 is 1.80 bits per heavy atom. The number of hydrogen-bond donors (Lipinski definition) is 1. The average molecular weight is 285 g/mol. The van der Waals surface area contributed by atoms with Crippen molar-refractivity contribution in [3.63, 3.8) is 0 Å². The van der Waals surface area contributed by atoms with Crippen LogP contribution < -0.4 is 0 Å². The predicted octanol–water partition coefficient (Wildman–Crippen LogP) is 3.84. The van der Waals surface area contributed by atoms with E-state index < -0.39 is 0 Å². The van der Waals surface area contributed by atoms with E-state index in [2.05, 4.69) is 26.8 Å². The van der Waals surface area contributed by atoms with E-state index in [9.17, 15) is 5.11 Å². The van der Waals surface area contributed by atoms with Crippen molar-refractivity contribution in [2.75, 3.05) is 0 Å². The molecule has 1 aromatic carbocycles. The Labute approximate surface area is 119 Å². The number of benzene rings is 1. The van der Waals surface area contributed by atoms with Crippen molar-refractivity contribution in [2.45, 2.75) is 33.1 Å². The first-order valence-electron chi connectivity index (χ1n) is 4.21. The second-order valence-electron chi connectivity index (χ2n) is 4.31. The Kier molecular flexibility index (Phi) is 10.4. The van der Waals surface area contributed by atoms with Gasteiger partial charge < -0.3 is 5.11 Å². The number of phenols is 1. The van der Waals surface area contributed by atoms with Crippen LogP contribution in [0.4, 0.5) is 0 Å². The maximum atomic E-state index is 9.36. The Morgan fingerprint density at radius 1 is 1.00 bits per heavy atom. The monoisotopic (exact) mass is 284 g/mol. The summed E-state index contributed by atoms with van der Waals surface area (Å²) in [5.74, 6) is 0.361. The summed E-state index contributed by atoms with van der Waals surface area (Å²) in [6.45, 7) is 8.42. The summed E-state index contributed by atoms with van der Waals surface area (Å²) in [7, 11) is 0. The molecule has 0 atom stereocenters. The number of halogens is 2. The molecule has 0 saturated carbocycles. The molecule has 0 spiro atoms. The number of aryl methyl sites for hydroxylation is 1.